The second-order valence-corrected chi connectivity index (χ2v) is 10.5. The number of amides is 1. The number of carbonyl (C=O) groups excluding carboxylic acids is 2. The summed E-state index contributed by atoms with van der Waals surface area (Å²) in [7, 11) is -2.60. The van der Waals surface area contributed by atoms with Crippen molar-refractivity contribution in [2.75, 3.05) is 25.5 Å². The van der Waals surface area contributed by atoms with E-state index in [0.717, 1.165) is 19.2 Å². The van der Waals surface area contributed by atoms with E-state index in [0.29, 0.717) is 13.1 Å². The number of carbonyl (C=O) groups is 2. The Morgan fingerprint density at radius 3 is 2.00 bits per heavy atom. The van der Waals surface area contributed by atoms with Crippen molar-refractivity contribution in [1.29, 1.82) is 0 Å². The van der Waals surface area contributed by atoms with Crippen LogP contribution in [-0.2, 0) is 14.8 Å². The molecule has 0 fully saturated rings. The van der Waals surface area contributed by atoms with Crippen molar-refractivity contribution in [2.24, 2.45) is 11.8 Å². The highest BCUT2D eigenvalue weighted by Crippen LogP contribution is 2.23. The summed E-state index contributed by atoms with van der Waals surface area (Å²) in [6, 6.07) is 8.90. The molecule has 0 aliphatic heterocycles. The fourth-order valence-corrected chi connectivity index (χ4v) is 5.00. The monoisotopic (exact) mass is 491 g/mol. The van der Waals surface area contributed by atoms with E-state index in [2.05, 4.69) is 10.1 Å². The zero-order valence-corrected chi connectivity index (χ0v) is 20.6. The van der Waals surface area contributed by atoms with Gasteiger partial charge >= 0.3 is 5.97 Å². The van der Waals surface area contributed by atoms with Gasteiger partial charge in [0.15, 0.2) is 0 Å². The number of sulfonamides is 1. The molecule has 0 atom stereocenters. The van der Waals surface area contributed by atoms with Crippen LogP contribution in [0.5, 0.6) is 0 Å². The van der Waals surface area contributed by atoms with Crippen molar-refractivity contribution in [3.05, 3.63) is 63.7 Å². The van der Waals surface area contributed by atoms with Gasteiger partial charge in [0.05, 0.1) is 22.5 Å². The number of nitrogens with zero attached hydrogens (tertiary/aromatic N) is 2. The molecule has 0 heterocycles. The van der Waals surface area contributed by atoms with Crippen LogP contribution in [0.15, 0.2) is 47.4 Å². The first kappa shape index (κ1) is 26.9. The summed E-state index contributed by atoms with van der Waals surface area (Å²) in [5, 5.41) is 13.7. The van der Waals surface area contributed by atoms with Gasteiger partial charge in [-0.1, -0.05) is 27.7 Å². The molecule has 0 saturated carbocycles. The van der Waals surface area contributed by atoms with E-state index in [1.165, 1.54) is 34.6 Å². The number of rotatable bonds is 10. The average molecular weight is 492 g/mol. The molecule has 0 unspecified atom stereocenters. The van der Waals surface area contributed by atoms with Crippen LogP contribution in [0.4, 0.5) is 11.4 Å². The van der Waals surface area contributed by atoms with Gasteiger partial charge in [0.1, 0.15) is 0 Å². The molecule has 1 amide bonds. The van der Waals surface area contributed by atoms with Gasteiger partial charge in [-0.25, -0.2) is 13.2 Å². The van der Waals surface area contributed by atoms with E-state index in [-0.39, 0.29) is 33.5 Å². The third kappa shape index (κ3) is 6.84. The summed E-state index contributed by atoms with van der Waals surface area (Å²) in [6.45, 7) is 8.55. The minimum absolute atomic E-state index is 0.0927. The molecule has 184 valence electrons. The van der Waals surface area contributed by atoms with Crippen LogP contribution in [0, 0.1) is 22.0 Å². The summed E-state index contributed by atoms with van der Waals surface area (Å²) >= 11 is 0. The number of nitro groups is 1. The number of benzene rings is 2. The van der Waals surface area contributed by atoms with Gasteiger partial charge in [-0.15, -0.1) is 0 Å². The van der Waals surface area contributed by atoms with Crippen molar-refractivity contribution in [1.82, 2.24) is 4.31 Å². The third-order valence-corrected chi connectivity index (χ3v) is 6.55. The lowest BCUT2D eigenvalue weighted by atomic mass is 10.1. The zero-order valence-electron chi connectivity index (χ0n) is 19.8. The van der Waals surface area contributed by atoms with Crippen LogP contribution in [0.1, 0.15) is 48.4 Å². The molecular formula is C23H29N3O7S. The average Bonchev–Trinajstić information content (AvgIpc) is 2.77. The van der Waals surface area contributed by atoms with E-state index in [4.69, 9.17) is 0 Å². The second kappa shape index (κ2) is 11.2. The predicted octanol–water partition coefficient (Wildman–Crippen LogP) is 3.94. The first-order valence-electron chi connectivity index (χ1n) is 10.6. The van der Waals surface area contributed by atoms with Crippen LogP contribution >= 0.6 is 0 Å². The Kier molecular flexibility index (Phi) is 8.88. The summed E-state index contributed by atoms with van der Waals surface area (Å²) in [6.07, 6.45) is 0. The second-order valence-electron chi connectivity index (χ2n) is 8.61. The molecule has 0 aliphatic carbocycles. The maximum Gasteiger partial charge on any atom is 0.338 e. The Morgan fingerprint density at radius 1 is 1.00 bits per heavy atom. The molecule has 0 bridgehead atoms. The van der Waals surface area contributed by atoms with Crippen LogP contribution < -0.4 is 5.32 Å². The summed E-state index contributed by atoms with van der Waals surface area (Å²) in [5.41, 5.74) is -0.413. The number of methoxy groups -OCH3 is 1. The molecule has 0 aromatic heterocycles. The number of esters is 1. The van der Waals surface area contributed by atoms with Gasteiger partial charge in [0, 0.05) is 36.5 Å². The predicted molar refractivity (Wildman–Crippen MR) is 127 cm³/mol. The number of hydrogen-bond donors (Lipinski definition) is 1. The molecular weight excluding hydrogens is 462 g/mol. The van der Waals surface area contributed by atoms with Gasteiger partial charge < -0.3 is 10.1 Å². The van der Waals surface area contributed by atoms with Crippen molar-refractivity contribution in [2.45, 2.75) is 32.6 Å². The Morgan fingerprint density at radius 2 is 1.53 bits per heavy atom. The van der Waals surface area contributed by atoms with Crippen LogP contribution in [0.25, 0.3) is 0 Å². The standard InChI is InChI=1S/C23H29N3O7S/c1-15(2)13-25(14-16(3)4)34(31,32)21-8-6-19(7-9-21)24-22(27)17-10-18(23(28)33-5)12-20(11-17)26(29)30/h6-12,15-16H,13-14H2,1-5H3,(H,24,27). The molecule has 34 heavy (non-hydrogen) atoms. The summed E-state index contributed by atoms with van der Waals surface area (Å²) in [4.78, 5) is 35.0. The zero-order chi connectivity index (χ0) is 25.6. The number of nitrogens with one attached hydrogen (secondary N) is 1. The molecule has 2 aromatic rings. The lowest BCUT2D eigenvalue weighted by Crippen LogP contribution is -2.37. The van der Waals surface area contributed by atoms with E-state index < -0.39 is 32.5 Å². The van der Waals surface area contributed by atoms with E-state index >= 15 is 0 Å². The number of non-ortho nitro benzene ring substituents is 1. The van der Waals surface area contributed by atoms with Crippen LogP contribution in [-0.4, -0.2) is 49.7 Å². The minimum Gasteiger partial charge on any atom is -0.465 e. The Bertz CT molecular complexity index is 1150. The minimum atomic E-state index is -3.73. The number of hydrogen-bond acceptors (Lipinski definition) is 7. The number of nitro benzene ring substituents is 1. The smallest absolute Gasteiger partial charge is 0.338 e. The first-order chi connectivity index (χ1) is 15.8. The lowest BCUT2D eigenvalue weighted by Gasteiger charge is -2.25. The third-order valence-electron chi connectivity index (χ3n) is 4.70. The van der Waals surface area contributed by atoms with Crippen molar-refractivity contribution < 1.29 is 27.7 Å². The fraction of sp³-hybridized carbons (Fsp3) is 0.391. The Labute approximate surface area is 199 Å². The Balaban J connectivity index is 2.29. The summed E-state index contributed by atoms with van der Waals surface area (Å²) in [5.74, 6) is -1.22. The molecule has 0 radical (unpaired) electrons. The highest BCUT2D eigenvalue weighted by Gasteiger charge is 2.26. The number of ether oxygens (including phenoxy) is 1. The van der Waals surface area contributed by atoms with E-state index in [9.17, 15) is 28.1 Å². The molecule has 2 rings (SSSR count). The topological polar surface area (TPSA) is 136 Å². The van der Waals surface area contributed by atoms with Gasteiger partial charge in [0.2, 0.25) is 10.0 Å². The molecule has 2 aromatic carbocycles. The lowest BCUT2D eigenvalue weighted by molar-refractivity contribution is -0.384. The highest BCUT2D eigenvalue weighted by atomic mass is 32.2. The molecule has 10 nitrogen and oxygen atoms in total. The van der Waals surface area contributed by atoms with E-state index in [1.54, 1.807) is 0 Å². The molecule has 0 saturated heterocycles. The Hall–Kier alpha value is -3.31. The maximum atomic E-state index is 13.1. The van der Waals surface area contributed by atoms with E-state index in [1.807, 2.05) is 27.7 Å². The normalized spacial score (nSPS) is 11.6. The van der Waals surface area contributed by atoms with Crippen molar-refractivity contribution in [3.8, 4) is 0 Å². The molecule has 11 heteroatoms. The van der Waals surface area contributed by atoms with Crippen molar-refractivity contribution >= 4 is 33.3 Å². The van der Waals surface area contributed by atoms with Gasteiger partial charge in [-0.3, -0.25) is 14.9 Å². The quantitative estimate of drug-likeness (QED) is 0.302. The van der Waals surface area contributed by atoms with Crippen molar-refractivity contribution in [3.63, 3.8) is 0 Å². The maximum absolute atomic E-state index is 13.1. The molecule has 0 aliphatic rings. The molecule has 1 N–H and O–H groups in total. The fourth-order valence-electron chi connectivity index (χ4n) is 3.23. The summed E-state index contributed by atoms with van der Waals surface area (Å²) < 4.78 is 32.3. The largest absolute Gasteiger partial charge is 0.465 e. The first-order valence-corrected chi connectivity index (χ1v) is 12.1. The van der Waals surface area contributed by atoms with Gasteiger partial charge in [0.25, 0.3) is 11.6 Å². The highest BCUT2D eigenvalue weighted by molar-refractivity contribution is 7.89. The SMILES string of the molecule is COC(=O)c1cc(C(=O)Nc2ccc(S(=O)(=O)N(CC(C)C)CC(C)C)cc2)cc([N+](=O)[O-])c1. The number of anilines is 1. The van der Waals surface area contributed by atoms with Gasteiger partial charge in [-0.2, -0.15) is 4.31 Å². The van der Waals surface area contributed by atoms with Crippen LogP contribution in [0.3, 0.4) is 0 Å². The van der Waals surface area contributed by atoms with Crippen LogP contribution in [0.2, 0.25) is 0 Å². The van der Waals surface area contributed by atoms with Gasteiger partial charge in [-0.05, 0) is 42.2 Å². The molecule has 0 spiro atoms.